The summed E-state index contributed by atoms with van der Waals surface area (Å²) in [7, 11) is 0. The Labute approximate surface area is 124 Å². The van der Waals surface area contributed by atoms with Crippen LogP contribution in [0.1, 0.15) is 55.6 Å². The number of hydrogen-bond acceptors (Lipinski definition) is 5. The average molecular weight is 296 g/mol. The van der Waals surface area contributed by atoms with E-state index < -0.39 is 0 Å². The molecular formula is C14H24N4OS. The van der Waals surface area contributed by atoms with E-state index in [9.17, 15) is 4.79 Å². The summed E-state index contributed by atoms with van der Waals surface area (Å²) in [5.41, 5.74) is 5.92. The number of hydrogen-bond donors (Lipinski definition) is 2. The van der Waals surface area contributed by atoms with Crippen LogP contribution in [-0.2, 0) is 0 Å². The molecule has 1 unspecified atom stereocenters. The minimum atomic E-state index is 0.0407. The molecule has 1 fully saturated rings. The van der Waals surface area contributed by atoms with Crippen molar-refractivity contribution in [3.05, 3.63) is 4.88 Å². The Balaban J connectivity index is 2.13. The van der Waals surface area contributed by atoms with Crippen LogP contribution < -0.4 is 11.1 Å². The van der Waals surface area contributed by atoms with Gasteiger partial charge >= 0.3 is 0 Å². The van der Waals surface area contributed by atoms with E-state index in [2.05, 4.69) is 24.1 Å². The highest BCUT2D eigenvalue weighted by molar-refractivity contribution is 7.18. The number of aromatic nitrogens is 1. The van der Waals surface area contributed by atoms with Gasteiger partial charge in [0.15, 0.2) is 5.13 Å². The number of nitrogens with two attached hydrogens (primary N) is 1. The zero-order valence-corrected chi connectivity index (χ0v) is 13.1. The lowest BCUT2D eigenvalue weighted by atomic mass is 10.1. The van der Waals surface area contributed by atoms with Crippen LogP contribution in [0.15, 0.2) is 0 Å². The lowest BCUT2D eigenvalue weighted by Crippen LogP contribution is -2.38. The molecule has 5 nitrogen and oxygen atoms in total. The van der Waals surface area contributed by atoms with Gasteiger partial charge in [-0.15, -0.1) is 0 Å². The number of nitrogens with one attached hydrogen (secondary N) is 1. The molecule has 3 N–H and O–H groups in total. The Kier molecular flexibility index (Phi) is 5.23. The van der Waals surface area contributed by atoms with Crippen molar-refractivity contribution in [1.82, 2.24) is 9.88 Å². The van der Waals surface area contributed by atoms with Crippen LogP contribution in [-0.4, -0.2) is 34.9 Å². The number of likely N-dealkylation sites (tertiary alicyclic amines) is 1. The maximum absolute atomic E-state index is 12.7. The summed E-state index contributed by atoms with van der Waals surface area (Å²) in [5.74, 6) is 0.397. The smallest absolute Gasteiger partial charge is 0.268 e. The fraction of sp³-hybridized carbons (Fsp3) is 0.714. The van der Waals surface area contributed by atoms with Crippen molar-refractivity contribution >= 4 is 28.2 Å². The van der Waals surface area contributed by atoms with Crippen molar-refractivity contribution in [3.63, 3.8) is 0 Å². The Morgan fingerprint density at radius 3 is 3.05 bits per heavy atom. The van der Waals surface area contributed by atoms with Gasteiger partial charge in [0.2, 0.25) is 0 Å². The summed E-state index contributed by atoms with van der Waals surface area (Å²) in [6.07, 6.45) is 5.58. The predicted molar refractivity (Wildman–Crippen MR) is 84.3 cm³/mol. The zero-order valence-electron chi connectivity index (χ0n) is 12.3. The first-order chi connectivity index (χ1) is 9.63. The highest BCUT2D eigenvalue weighted by Gasteiger charge is 2.26. The molecule has 1 aromatic rings. The molecule has 6 heteroatoms. The molecule has 2 rings (SSSR count). The third kappa shape index (κ3) is 3.42. The molecule has 20 heavy (non-hydrogen) atoms. The second-order valence-corrected chi connectivity index (χ2v) is 6.36. The van der Waals surface area contributed by atoms with E-state index in [0.29, 0.717) is 16.7 Å². The van der Waals surface area contributed by atoms with Gasteiger partial charge in [0.25, 0.3) is 5.91 Å². The molecule has 112 valence electrons. The van der Waals surface area contributed by atoms with Gasteiger partial charge in [-0.1, -0.05) is 31.1 Å². The second kappa shape index (κ2) is 6.92. The number of carbonyl (C=O) groups excluding carboxylic acids is 1. The Bertz CT molecular complexity index is 460. The fourth-order valence-corrected chi connectivity index (χ4v) is 3.37. The molecule has 2 heterocycles. The highest BCUT2D eigenvalue weighted by Crippen LogP contribution is 2.28. The molecule has 1 aliphatic heterocycles. The third-order valence-electron chi connectivity index (χ3n) is 3.69. The summed E-state index contributed by atoms with van der Waals surface area (Å²) >= 11 is 1.37. The normalized spacial score (nSPS) is 19.7. The van der Waals surface area contributed by atoms with E-state index in [0.717, 1.165) is 37.5 Å². The summed E-state index contributed by atoms with van der Waals surface area (Å²) < 4.78 is 0. The van der Waals surface area contributed by atoms with Crippen molar-refractivity contribution in [3.8, 4) is 0 Å². The molecule has 1 aliphatic rings. The minimum absolute atomic E-state index is 0.0407. The predicted octanol–water partition coefficient (Wildman–Crippen LogP) is 2.95. The van der Waals surface area contributed by atoms with Crippen LogP contribution in [0.2, 0.25) is 0 Å². The summed E-state index contributed by atoms with van der Waals surface area (Å²) in [5, 5.41) is 3.94. The topological polar surface area (TPSA) is 71.2 Å². The molecule has 1 atom stereocenters. The Morgan fingerprint density at radius 1 is 1.50 bits per heavy atom. The van der Waals surface area contributed by atoms with Gasteiger partial charge in [-0.25, -0.2) is 4.98 Å². The number of rotatable bonds is 4. The summed E-state index contributed by atoms with van der Waals surface area (Å²) in [6.45, 7) is 5.89. The van der Waals surface area contributed by atoms with Crippen LogP contribution in [0, 0.1) is 0 Å². The van der Waals surface area contributed by atoms with E-state index in [1.807, 2.05) is 4.90 Å². The van der Waals surface area contributed by atoms with Gasteiger partial charge in [-0.05, 0) is 26.2 Å². The van der Waals surface area contributed by atoms with Gasteiger partial charge in [0, 0.05) is 19.1 Å². The fourth-order valence-electron chi connectivity index (χ4n) is 2.50. The SMILES string of the molecule is CCCNc1nc(N)c(C(=O)N2CCCCCC2C)s1. The lowest BCUT2D eigenvalue weighted by Gasteiger charge is -2.26. The van der Waals surface area contributed by atoms with Crippen LogP contribution in [0.25, 0.3) is 0 Å². The quantitative estimate of drug-likeness (QED) is 0.896. The second-order valence-electron chi connectivity index (χ2n) is 5.36. The number of carbonyl (C=O) groups is 1. The maximum Gasteiger partial charge on any atom is 0.268 e. The number of amides is 1. The van der Waals surface area contributed by atoms with Gasteiger partial charge in [-0.2, -0.15) is 0 Å². The molecule has 0 spiro atoms. The zero-order chi connectivity index (χ0) is 14.5. The lowest BCUT2D eigenvalue weighted by molar-refractivity contribution is 0.0703. The van der Waals surface area contributed by atoms with Crippen LogP contribution in [0.5, 0.6) is 0 Å². The first kappa shape index (κ1) is 15.1. The van der Waals surface area contributed by atoms with Crippen molar-refractivity contribution in [1.29, 1.82) is 0 Å². The highest BCUT2D eigenvalue weighted by atomic mass is 32.1. The molecule has 1 saturated heterocycles. The van der Waals surface area contributed by atoms with Gasteiger partial charge in [0.05, 0.1) is 0 Å². The van der Waals surface area contributed by atoms with Crippen LogP contribution in [0.3, 0.4) is 0 Å². The number of nitrogen functional groups attached to an aromatic ring is 1. The first-order valence-electron chi connectivity index (χ1n) is 7.44. The van der Waals surface area contributed by atoms with Crippen LogP contribution >= 0.6 is 11.3 Å². The monoisotopic (exact) mass is 296 g/mol. The van der Waals surface area contributed by atoms with E-state index in [-0.39, 0.29) is 5.91 Å². The molecule has 0 radical (unpaired) electrons. The molecular weight excluding hydrogens is 272 g/mol. The molecule has 0 bridgehead atoms. The third-order valence-corrected chi connectivity index (χ3v) is 4.70. The molecule has 0 aliphatic carbocycles. The summed E-state index contributed by atoms with van der Waals surface area (Å²) in [6, 6.07) is 0.290. The first-order valence-corrected chi connectivity index (χ1v) is 8.26. The van der Waals surface area contributed by atoms with Crippen molar-refractivity contribution in [2.24, 2.45) is 0 Å². The largest absolute Gasteiger partial charge is 0.382 e. The van der Waals surface area contributed by atoms with Gasteiger partial charge < -0.3 is 16.0 Å². The molecule has 0 aromatic carbocycles. The number of thiazole rings is 1. The van der Waals surface area contributed by atoms with Crippen molar-refractivity contribution < 1.29 is 4.79 Å². The van der Waals surface area contributed by atoms with Crippen LogP contribution in [0.4, 0.5) is 10.9 Å². The van der Waals surface area contributed by atoms with E-state index in [4.69, 9.17) is 5.73 Å². The van der Waals surface area contributed by atoms with E-state index in [1.54, 1.807) is 0 Å². The Morgan fingerprint density at radius 2 is 2.30 bits per heavy atom. The maximum atomic E-state index is 12.7. The molecule has 0 saturated carbocycles. The number of nitrogens with zero attached hydrogens (tertiary/aromatic N) is 2. The van der Waals surface area contributed by atoms with Crippen molar-refractivity contribution in [2.75, 3.05) is 24.1 Å². The molecule has 1 aromatic heterocycles. The Hall–Kier alpha value is -1.30. The minimum Gasteiger partial charge on any atom is -0.382 e. The van der Waals surface area contributed by atoms with E-state index in [1.165, 1.54) is 24.2 Å². The summed E-state index contributed by atoms with van der Waals surface area (Å²) in [4.78, 5) is 19.4. The van der Waals surface area contributed by atoms with Crippen molar-refractivity contribution in [2.45, 2.75) is 52.0 Å². The average Bonchev–Trinajstić information content (AvgIpc) is 2.66. The number of anilines is 2. The van der Waals surface area contributed by atoms with E-state index >= 15 is 0 Å². The van der Waals surface area contributed by atoms with Gasteiger partial charge in [0.1, 0.15) is 10.7 Å². The standard InChI is InChI=1S/C14H24N4OS/c1-3-8-16-14-17-12(15)11(20-14)13(19)18-9-6-4-5-7-10(18)2/h10H,3-9,15H2,1-2H3,(H,16,17). The van der Waals surface area contributed by atoms with Gasteiger partial charge in [-0.3, -0.25) is 4.79 Å². The molecule has 1 amide bonds.